The molecule has 1 fully saturated rings. The highest BCUT2D eigenvalue weighted by atomic mass is 16.5. The molecule has 19 heavy (non-hydrogen) atoms. The topological polar surface area (TPSA) is 38.5 Å². The van der Waals surface area contributed by atoms with Crippen LogP contribution in [0.2, 0.25) is 0 Å². The van der Waals surface area contributed by atoms with Crippen molar-refractivity contribution in [2.45, 2.75) is 38.5 Å². The first-order valence-corrected chi connectivity index (χ1v) is 7.21. The van der Waals surface area contributed by atoms with Crippen molar-refractivity contribution in [3.8, 4) is 0 Å². The van der Waals surface area contributed by atoms with Gasteiger partial charge in [0.15, 0.2) is 0 Å². The molecule has 2 rings (SSSR count). The summed E-state index contributed by atoms with van der Waals surface area (Å²) in [5, 5.41) is 0. The number of benzene rings is 1. The molecule has 0 radical (unpaired) electrons. The van der Waals surface area contributed by atoms with Crippen molar-refractivity contribution < 1.29 is 4.74 Å². The number of nitrogens with zero attached hydrogens (tertiary/aromatic N) is 1. The van der Waals surface area contributed by atoms with E-state index in [0.29, 0.717) is 18.6 Å². The Labute approximate surface area is 116 Å². The van der Waals surface area contributed by atoms with Gasteiger partial charge in [-0.1, -0.05) is 30.7 Å². The first-order chi connectivity index (χ1) is 9.24. The van der Waals surface area contributed by atoms with Crippen LogP contribution in [-0.4, -0.2) is 31.6 Å². The molecule has 3 nitrogen and oxygen atoms in total. The van der Waals surface area contributed by atoms with Gasteiger partial charge in [0.05, 0.1) is 6.61 Å². The standard InChI is InChI=1S/C16H26N2O/c1-18(16-5-3-4-15(16)10-17)11-13-6-8-14(9-7-13)12-19-2/h6-9,15-16H,3-5,10-12,17H2,1-2H3. The first-order valence-electron chi connectivity index (χ1n) is 7.21. The molecule has 0 amide bonds. The van der Waals surface area contributed by atoms with Crippen molar-refractivity contribution in [1.82, 2.24) is 4.90 Å². The zero-order valence-corrected chi connectivity index (χ0v) is 12.1. The van der Waals surface area contributed by atoms with Crippen LogP contribution in [-0.2, 0) is 17.9 Å². The number of nitrogens with two attached hydrogens (primary N) is 1. The largest absolute Gasteiger partial charge is 0.380 e. The molecule has 1 aliphatic carbocycles. The number of methoxy groups -OCH3 is 1. The molecular weight excluding hydrogens is 236 g/mol. The van der Waals surface area contributed by atoms with Crippen LogP contribution in [0.15, 0.2) is 24.3 Å². The van der Waals surface area contributed by atoms with Gasteiger partial charge in [0.1, 0.15) is 0 Å². The Balaban J connectivity index is 1.92. The number of rotatable bonds is 6. The van der Waals surface area contributed by atoms with Gasteiger partial charge >= 0.3 is 0 Å². The van der Waals surface area contributed by atoms with E-state index in [1.165, 1.54) is 30.4 Å². The van der Waals surface area contributed by atoms with Crippen LogP contribution in [0.25, 0.3) is 0 Å². The maximum absolute atomic E-state index is 5.87. The van der Waals surface area contributed by atoms with Crippen LogP contribution in [0, 0.1) is 5.92 Å². The second-order valence-corrected chi connectivity index (χ2v) is 5.66. The molecule has 1 aliphatic rings. The molecule has 106 valence electrons. The summed E-state index contributed by atoms with van der Waals surface area (Å²) in [6.07, 6.45) is 3.90. The van der Waals surface area contributed by atoms with Gasteiger partial charge in [-0.25, -0.2) is 0 Å². The quantitative estimate of drug-likeness (QED) is 0.855. The first kappa shape index (κ1) is 14.5. The molecule has 0 spiro atoms. The van der Waals surface area contributed by atoms with Crippen molar-refractivity contribution in [1.29, 1.82) is 0 Å². The molecule has 2 N–H and O–H groups in total. The van der Waals surface area contributed by atoms with Gasteiger partial charge < -0.3 is 10.5 Å². The summed E-state index contributed by atoms with van der Waals surface area (Å²) in [6, 6.07) is 9.38. The highest BCUT2D eigenvalue weighted by molar-refractivity contribution is 5.22. The highest BCUT2D eigenvalue weighted by Gasteiger charge is 2.28. The Morgan fingerprint density at radius 2 is 1.89 bits per heavy atom. The maximum atomic E-state index is 5.87. The van der Waals surface area contributed by atoms with Crippen LogP contribution in [0.5, 0.6) is 0 Å². The Morgan fingerprint density at radius 3 is 2.53 bits per heavy atom. The molecule has 0 saturated heterocycles. The van der Waals surface area contributed by atoms with Gasteiger partial charge in [-0.3, -0.25) is 4.90 Å². The third kappa shape index (κ3) is 3.78. The van der Waals surface area contributed by atoms with Crippen LogP contribution in [0.1, 0.15) is 30.4 Å². The molecule has 1 saturated carbocycles. The Bertz CT molecular complexity index is 377. The summed E-state index contributed by atoms with van der Waals surface area (Å²) in [4.78, 5) is 2.47. The molecule has 0 aliphatic heterocycles. The predicted octanol–water partition coefficient (Wildman–Crippen LogP) is 2.39. The van der Waals surface area contributed by atoms with E-state index in [4.69, 9.17) is 10.5 Å². The lowest BCUT2D eigenvalue weighted by molar-refractivity contribution is 0.184. The van der Waals surface area contributed by atoms with E-state index in [0.717, 1.165) is 13.1 Å². The molecular formula is C16H26N2O. The second-order valence-electron chi connectivity index (χ2n) is 5.66. The van der Waals surface area contributed by atoms with Crippen molar-refractivity contribution in [3.05, 3.63) is 35.4 Å². The number of hydrogen-bond acceptors (Lipinski definition) is 3. The summed E-state index contributed by atoms with van der Waals surface area (Å²) < 4.78 is 5.13. The SMILES string of the molecule is COCc1ccc(CN(C)C2CCCC2CN)cc1. The number of hydrogen-bond donors (Lipinski definition) is 1. The van der Waals surface area contributed by atoms with E-state index in [9.17, 15) is 0 Å². The van der Waals surface area contributed by atoms with Crippen molar-refractivity contribution >= 4 is 0 Å². The molecule has 3 heteroatoms. The maximum Gasteiger partial charge on any atom is 0.0713 e. The predicted molar refractivity (Wildman–Crippen MR) is 78.8 cm³/mol. The molecule has 0 aromatic heterocycles. The lowest BCUT2D eigenvalue weighted by Gasteiger charge is -2.29. The monoisotopic (exact) mass is 262 g/mol. The van der Waals surface area contributed by atoms with Crippen LogP contribution in [0.4, 0.5) is 0 Å². The number of ether oxygens (including phenoxy) is 1. The fraction of sp³-hybridized carbons (Fsp3) is 0.625. The van der Waals surface area contributed by atoms with Crippen molar-refractivity contribution in [2.75, 3.05) is 20.7 Å². The third-order valence-electron chi connectivity index (χ3n) is 4.25. The minimum absolute atomic E-state index is 0.656. The van der Waals surface area contributed by atoms with Gasteiger partial charge in [0, 0.05) is 19.7 Å². The van der Waals surface area contributed by atoms with Crippen LogP contribution >= 0.6 is 0 Å². The zero-order chi connectivity index (χ0) is 13.7. The van der Waals surface area contributed by atoms with Crippen LogP contribution in [0.3, 0.4) is 0 Å². The van der Waals surface area contributed by atoms with Crippen LogP contribution < -0.4 is 5.73 Å². The smallest absolute Gasteiger partial charge is 0.0713 e. The van der Waals surface area contributed by atoms with E-state index in [1.807, 2.05) is 0 Å². The molecule has 0 bridgehead atoms. The average Bonchev–Trinajstić information content (AvgIpc) is 2.90. The summed E-state index contributed by atoms with van der Waals surface area (Å²) >= 11 is 0. The Morgan fingerprint density at radius 1 is 1.21 bits per heavy atom. The van der Waals surface area contributed by atoms with Gasteiger partial charge in [0.2, 0.25) is 0 Å². The fourth-order valence-electron chi connectivity index (χ4n) is 3.19. The molecule has 2 unspecified atom stereocenters. The van der Waals surface area contributed by atoms with E-state index in [2.05, 4.69) is 36.2 Å². The van der Waals surface area contributed by atoms with Gasteiger partial charge in [0.25, 0.3) is 0 Å². The van der Waals surface area contributed by atoms with E-state index in [-0.39, 0.29) is 0 Å². The van der Waals surface area contributed by atoms with E-state index < -0.39 is 0 Å². The van der Waals surface area contributed by atoms with Crippen molar-refractivity contribution in [3.63, 3.8) is 0 Å². The Kier molecular flexibility index (Phi) is 5.37. The normalized spacial score (nSPS) is 23.2. The molecule has 1 aromatic rings. The minimum atomic E-state index is 0.656. The molecule has 2 atom stereocenters. The van der Waals surface area contributed by atoms with Crippen molar-refractivity contribution in [2.24, 2.45) is 11.7 Å². The Hall–Kier alpha value is -0.900. The average molecular weight is 262 g/mol. The lowest BCUT2D eigenvalue weighted by Crippen LogP contribution is -2.37. The minimum Gasteiger partial charge on any atom is -0.380 e. The van der Waals surface area contributed by atoms with E-state index in [1.54, 1.807) is 7.11 Å². The van der Waals surface area contributed by atoms with Gasteiger partial charge in [-0.2, -0.15) is 0 Å². The fourth-order valence-corrected chi connectivity index (χ4v) is 3.19. The van der Waals surface area contributed by atoms with E-state index >= 15 is 0 Å². The molecule has 1 aromatic carbocycles. The highest BCUT2D eigenvalue weighted by Crippen LogP contribution is 2.29. The summed E-state index contributed by atoms with van der Waals surface area (Å²) in [6.45, 7) is 2.52. The zero-order valence-electron chi connectivity index (χ0n) is 12.1. The summed E-state index contributed by atoms with van der Waals surface area (Å²) in [7, 11) is 3.95. The second kappa shape index (κ2) is 7.04. The van der Waals surface area contributed by atoms with Gasteiger partial charge in [-0.05, 0) is 43.5 Å². The summed E-state index contributed by atoms with van der Waals surface area (Å²) in [5.74, 6) is 0.678. The molecule has 0 heterocycles. The lowest BCUT2D eigenvalue weighted by atomic mass is 10.0. The van der Waals surface area contributed by atoms with Gasteiger partial charge in [-0.15, -0.1) is 0 Å². The summed E-state index contributed by atoms with van der Waals surface area (Å²) in [5.41, 5.74) is 8.46. The third-order valence-corrected chi connectivity index (χ3v) is 4.25.